The standard InChI is InChI=1S/C30H29NO6S/c1-4-36-26(33)19-37-27-20(2)28(38-29(27)30(34)35-3)22-12-8-13-23(16-22)31(18-21-10-6-5-7-11-21)24-14-9-15-25(32)17-24/h5-17,32H,4,18-19H2,1-3H3. The number of phenolic OH excluding ortho intramolecular Hbond substituents is 1. The zero-order valence-electron chi connectivity index (χ0n) is 21.5. The van der Waals surface area contributed by atoms with Crippen LogP contribution in [-0.4, -0.2) is 37.4 Å². The van der Waals surface area contributed by atoms with Gasteiger partial charge in [0.25, 0.3) is 0 Å². The molecule has 0 aliphatic rings. The molecule has 0 aliphatic carbocycles. The molecular weight excluding hydrogens is 502 g/mol. The van der Waals surface area contributed by atoms with E-state index >= 15 is 0 Å². The van der Waals surface area contributed by atoms with Crippen molar-refractivity contribution in [2.24, 2.45) is 0 Å². The molecule has 0 amide bonds. The number of phenols is 1. The highest BCUT2D eigenvalue weighted by Gasteiger charge is 2.25. The number of methoxy groups -OCH3 is 1. The summed E-state index contributed by atoms with van der Waals surface area (Å²) >= 11 is 1.25. The summed E-state index contributed by atoms with van der Waals surface area (Å²) in [6.45, 7) is 4.08. The molecule has 0 fully saturated rings. The lowest BCUT2D eigenvalue weighted by Crippen LogP contribution is -2.16. The fourth-order valence-electron chi connectivity index (χ4n) is 4.08. The van der Waals surface area contributed by atoms with Gasteiger partial charge >= 0.3 is 11.9 Å². The molecule has 7 nitrogen and oxygen atoms in total. The number of nitrogens with zero attached hydrogens (tertiary/aromatic N) is 1. The summed E-state index contributed by atoms with van der Waals surface area (Å²) < 4.78 is 15.7. The monoisotopic (exact) mass is 531 g/mol. The predicted octanol–water partition coefficient (Wildman–Crippen LogP) is 6.50. The van der Waals surface area contributed by atoms with Crippen molar-refractivity contribution in [2.75, 3.05) is 25.2 Å². The third-order valence-electron chi connectivity index (χ3n) is 5.85. The summed E-state index contributed by atoms with van der Waals surface area (Å²) in [4.78, 5) is 27.7. The van der Waals surface area contributed by atoms with Crippen LogP contribution in [0, 0.1) is 6.92 Å². The van der Waals surface area contributed by atoms with Crippen LogP contribution < -0.4 is 9.64 Å². The van der Waals surface area contributed by atoms with Gasteiger partial charge in [0.15, 0.2) is 11.5 Å². The molecule has 4 aromatic rings. The number of carbonyl (C=O) groups is 2. The van der Waals surface area contributed by atoms with Gasteiger partial charge in [-0.2, -0.15) is 0 Å². The Hall–Kier alpha value is -4.30. The summed E-state index contributed by atoms with van der Waals surface area (Å²) in [5.74, 6) is -0.564. The van der Waals surface area contributed by atoms with Crippen molar-refractivity contribution in [1.82, 2.24) is 0 Å². The molecule has 38 heavy (non-hydrogen) atoms. The van der Waals surface area contributed by atoms with Gasteiger partial charge in [-0.15, -0.1) is 11.3 Å². The number of thiophene rings is 1. The average molecular weight is 532 g/mol. The molecule has 196 valence electrons. The lowest BCUT2D eigenvalue weighted by atomic mass is 10.1. The summed E-state index contributed by atoms with van der Waals surface area (Å²) in [6, 6.07) is 25.1. The van der Waals surface area contributed by atoms with E-state index in [9.17, 15) is 14.7 Å². The second kappa shape index (κ2) is 12.3. The zero-order valence-corrected chi connectivity index (χ0v) is 22.3. The molecule has 1 N–H and O–H groups in total. The molecule has 0 aliphatic heterocycles. The Morgan fingerprint density at radius 1 is 0.947 bits per heavy atom. The lowest BCUT2D eigenvalue weighted by Gasteiger charge is -2.26. The van der Waals surface area contributed by atoms with Crippen LogP contribution in [0.25, 0.3) is 10.4 Å². The van der Waals surface area contributed by atoms with Gasteiger partial charge in [-0.25, -0.2) is 9.59 Å². The van der Waals surface area contributed by atoms with E-state index in [4.69, 9.17) is 14.2 Å². The summed E-state index contributed by atoms with van der Waals surface area (Å²) in [5, 5.41) is 10.2. The Bertz CT molecular complexity index is 1420. The van der Waals surface area contributed by atoms with Crippen LogP contribution in [0.2, 0.25) is 0 Å². The molecule has 1 heterocycles. The summed E-state index contributed by atoms with van der Waals surface area (Å²) in [7, 11) is 1.31. The fraction of sp³-hybridized carbons (Fsp3) is 0.200. The van der Waals surface area contributed by atoms with Crippen LogP contribution in [-0.2, 0) is 20.8 Å². The largest absolute Gasteiger partial charge is 0.508 e. The van der Waals surface area contributed by atoms with Crippen molar-refractivity contribution in [3.8, 4) is 21.9 Å². The Balaban J connectivity index is 1.75. The van der Waals surface area contributed by atoms with Crippen LogP contribution in [0.5, 0.6) is 11.5 Å². The van der Waals surface area contributed by atoms with Gasteiger partial charge in [-0.1, -0.05) is 48.5 Å². The van der Waals surface area contributed by atoms with Gasteiger partial charge in [0.2, 0.25) is 0 Å². The van der Waals surface area contributed by atoms with Gasteiger partial charge in [-0.3, -0.25) is 0 Å². The second-order valence-electron chi connectivity index (χ2n) is 8.44. The summed E-state index contributed by atoms with van der Waals surface area (Å²) in [5.41, 5.74) is 4.44. The fourth-order valence-corrected chi connectivity index (χ4v) is 5.25. The molecular formula is C30H29NO6S. The number of hydrogen-bond acceptors (Lipinski definition) is 8. The number of hydrogen-bond donors (Lipinski definition) is 1. The third kappa shape index (κ3) is 6.15. The molecule has 0 bridgehead atoms. The molecule has 1 aromatic heterocycles. The molecule has 3 aromatic carbocycles. The predicted molar refractivity (Wildman–Crippen MR) is 148 cm³/mol. The number of esters is 2. The van der Waals surface area contributed by atoms with Crippen LogP contribution in [0.15, 0.2) is 78.9 Å². The maximum Gasteiger partial charge on any atom is 0.351 e. The van der Waals surface area contributed by atoms with Crippen molar-refractivity contribution in [2.45, 2.75) is 20.4 Å². The topological polar surface area (TPSA) is 85.3 Å². The number of carbonyl (C=O) groups excluding carboxylic acids is 2. The van der Waals surface area contributed by atoms with E-state index in [0.717, 1.165) is 32.9 Å². The van der Waals surface area contributed by atoms with Gasteiger partial charge in [0.1, 0.15) is 11.5 Å². The minimum atomic E-state index is -0.537. The Kier molecular flexibility index (Phi) is 8.66. The zero-order chi connectivity index (χ0) is 27.1. The minimum absolute atomic E-state index is 0.178. The van der Waals surface area contributed by atoms with Crippen molar-refractivity contribution < 1.29 is 28.9 Å². The number of aromatic hydroxyl groups is 1. The Morgan fingerprint density at radius 3 is 2.34 bits per heavy atom. The maximum atomic E-state index is 12.6. The molecule has 0 saturated carbocycles. The highest BCUT2D eigenvalue weighted by Crippen LogP contribution is 2.43. The normalized spacial score (nSPS) is 10.6. The van der Waals surface area contributed by atoms with E-state index < -0.39 is 11.9 Å². The lowest BCUT2D eigenvalue weighted by molar-refractivity contribution is -0.145. The first-order valence-corrected chi connectivity index (χ1v) is 12.9. The highest BCUT2D eigenvalue weighted by atomic mass is 32.1. The number of anilines is 2. The van der Waals surface area contributed by atoms with Crippen LogP contribution in [0.3, 0.4) is 0 Å². The Morgan fingerprint density at radius 2 is 1.66 bits per heavy atom. The van der Waals surface area contributed by atoms with E-state index in [1.807, 2.05) is 61.5 Å². The molecule has 8 heteroatoms. The first-order chi connectivity index (χ1) is 18.4. The maximum absolute atomic E-state index is 12.6. The third-order valence-corrected chi connectivity index (χ3v) is 7.15. The van der Waals surface area contributed by atoms with Crippen molar-refractivity contribution in [3.63, 3.8) is 0 Å². The van der Waals surface area contributed by atoms with E-state index in [0.29, 0.717) is 12.3 Å². The minimum Gasteiger partial charge on any atom is -0.508 e. The summed E-state index contributed by atoms with van der Waals surface area (Å²) in [6.07, 6.45) is 0. The van der Waals surface area contributed by atoms with Gasteiger partial charge in [0, 0.05) is 34.4 Å². The van der Waals surface area contributed by atoms with Gasteiger partial charge < -0.3 is 24.2 Å². The highest BCUT2D eigenvalue weighted by molar-refractivity contribution is 7.18. The molecule has 4 rings (SSSR count). The molecule has 0 atom stereocenters. The molecule has 0 spiro atoms. The van der Waals surface area contributed by atoms with Crippen molar-refractivity contribution in [1.29, 1.82) is 0 Å². The molecule has 0 radical (unpaired) electrons. The first kappa shape index (κ1) is 26.8. The smallest absolute Gasteiger partial charge is 0.351 e. The Labute approximate surface area is 225 Å². The SMILES string of the molecule is CCOC(=O)COc1c(C(=O)OC)sc(-c2cccc(N(Cc3ccccc3)c3cccc(O)c3)c2)c1C. The number of ether oxygens (including phenoxy) is 3. The number of benzene rings is 3. The van der Waals surface area contributed by atoms with Crippen LogP contribution in [0.4, 0.5) is 11.4 Å². The molecule has 0 saturated heterocycles. The second-order valence-corrected chi connectivity index (χ2v) is 9.46. The van der Waals surface area contributed by atoms with Crippen molar-refractivity contribution >= 4 is 34.7 Å². The van der Waals surface area contributed by atoms with Gasteiger partial charge in [0.05, 0.1) is 13.7 Å². The first-order valence-electron chi connectivity index (χ1n) is 12.1. The average Bonchev–Trinajstić information content (AvgIpc) is 3.26. The quantitative estimate of drug-likeness (QED) is 0.234. The molecule has 0 unspecified atom stereocenters. The van der Waals surface area contributed by atoms with E-state index in [1.165, 1.54) is 18.4 Å². The van der Waals surface area contributed by atoms with Crippen molar-refractivity contribution in [3.05, 3.63) is 94.9 Å². The van der Waals surface area contributed by atoms with Crippen LogP contribution in [0.1, 0.15) is 27.7 Å². The number of rotatable bonds is 10. The van der Waals surface area contributed by atoms with Gasteiger partial charge in [-0.05, 0) is 49.2 Å². The van der Waals surface area contributed by atoms with Crippen LogP contribution >= 0.6 is 11.3 Å². The van der Waals surface area contributed by atoms with E-state index in [1.54, 1.807) is 19.1 Å². The van der Waals surface area contributed by atoms with E-state index in [-0.39, 0.29) is 23.8 Å². The van der Waals surface area contributed by atoms with E-state index in [2.05, 4.69) is 17.0 Å².